The van der Waals surface area contributed by atoms with E-state index in [-0.39, 0.29) is 23.7 Å². The summed E-state index contributed by atoms with van der Waals surface area (Å²) in [6.07, 6.45) is 1.98. The number of carbonyl (C=O) groups excluding carboxylic acids is 1. The number of benzene rings is 3. The Labute approximate surface area is 164 Å². The fourth-order valence-electron chi connectivity index (χ4n) is 4.09. The molecule has 1 unspecified atom stereocenters. The minimum Gasteiger partial charge on any atom is -0.507 e. The van der Waals surface area contributed by atoms with E-state index in [1.54, 1.807) is 18.2 Å². The van der Waals surface area contributed by atoms with Crippen LogP contribution in [-0.4, -0.2) is 26.9 Å². The highest BCUT2D eigenvalue weighted by Gasteiger charge is 2.28. The summed E-state index contributed by atoms with van der Waals surface area (Å²) in [5.74, 6) is 0.0461. The lowest BCUT2D eigenvalue weighted by Crippen LogP contribution is -2.39. The second-order valence-electron chi connectivity index (χ2n) is 7.45. The minimum absolute atomic E-state index is 0.00252. The summed E-state index contributed by atoms with van der Waals surface area (Å²) in [6, 6.07) is 18.9. The molecule has 1 aromatic heterocycles. The van der Waals surface area contributed by atoms with Crippen molar-refractivity contribution in [2.45, 2.75) is 32.9 Å². The number of hydrogen-bond donors (Lipinski definition) is 2. The van der Waals surface area contributed by atoms with Gasteiger partial charge in [-0.3, -0.25) is 4.79 Å². The normalized spacial score (nSPS) is 12.6. The number of phenols is 1. The molecule has 0 bridgehead atoms. The Morgan fingerprint density at radius 1 is 0.964 bits per heavy atom. The molecule has 28 heavy (non-hydrogen) atoms. The molecule has 4 heteroatoms. The number of aromatic hydroxyl groups is 1. The predicted molar refractivity (Wildman–Crippen MR) is 114 cm³/mol. The lowest BCUT2D eigenvalue weighted by molar-refractivity contribution is 0.0628. The second kappa shape index (κ2) is 7.04. The largest absolute Gasteiger partial charge is 0.507 e. The van der Waals surface area contributed by atoms with Gasteiger partial charge in [0.15, 0.2) is 0 Å². The highest BCUT2D eigenvalue weighted by molar-refractivity contribution is 6.09. The molecule has 0 aliphatic carbocycles. The molecule has 3 aromatic carbocycles. The summed E-state index contributed by atoms with van der Waals surface area (Å²) in [5, 5.41) is 13.0. The van der Waals surface area contributed by atoms with Crippen LogP contribution in [0.5, 0.6) is 5.75 Å². The SMILES string of the molecule is CC(C)N(C(=O)c1cccc2cccc(O)c12)C(C)c1c[nH]c2ccccc12. The maximum Gasteiger partial charge on any atom is 0.255 e. The van der Waals surface area contributed by atoms with E-state index >= 15 is 0 Å². The van der Waals surface area contributed by atoms with E-state index in [4.69, 9.17) is 0 Å². The number of aromatic amines is 1. The Morgan fingerprint density at radius 2 is 1.68 bits per heavy atom. The number of rotatable bonds is 4. The van der Waals surface area contributed by atoms with Crippen molar-refractivity contribution in [3.8, 4) is 5.75 Å². The van der Waals surface area contributed by atoms with Crippen LogP contribution in [0.15, 0.2) is 66.9 Å². The molecule has 4 aromatic rings. The van der Waals surface area contributed by atoms with E-state index in [1.807, 2.05) is 61.3 Å². The molecule has 4 rings (SSSR count). The molecule has 0 saturated heterocycles. The first-order chi connectivity index (χ1) is 13.5. The molecule has 1 atom stereocenters. The maximum atomic E-state index is 13.6. The molecule has 0 aliphatic rings. The fraction of sp³-hybridized carbons (Fsp3) is 0.208. The van der Waals surface area contributed by atoms with Gasteiger partial charge in [0.2, 0.25) is 0 Å². The first-order valence-corrected chi connectivity index (χ1v) is 9.58. The van der Waals surface area contributed by atoms with Crippen LogP contribution in [0.2, 0.25) is 0 Å². The number of hydrogen-bond acceptors (Lipinski definition) is 2. The molecular weight excluding hydrogens is 348 g/mol. The third-order valence-electron chi connectivity index (χ3n) is 5.39. The molecule has 0 saturated carbocycles. The van der Waals surface area contributed by atoms with Gasteiger partial charge in [-0.05, 0) is 49.9 Å². The molecule has 1 heterocycles. The molecule has 0 aliphatic heterocycles. The molecule has 0 radical (unpaired) electrons. The third kappa shape index (κ3) is 2.91. The highest BCUT2D eigenvalue weighted by Crippen LogP contribution is 2.34. The molecule has 2 N–H and O–H groups in total. The van der Waals surface area contributed by atoms with Gasteiger partial charge in [-0.1, -0.05) is 42.5 Å². The Balaban J connectivity index is 1.82. The van der Waals surface area contributed by atoms with Crippen molar-refractivity contribution < 1.29 is 9.90 Å². The summed E-state index contributed by atoms with van der Waals surface area (Å²) in [4.78, 5) is 18.8. The summed E-state index contributed by atoms with van der Waals surface area (Å²) < 4.78 is 0. The van der Waals surface area contributed by atoms with Crippen molar-refractivity contribution >= 4 is 27.6 Å². The van der Waals surface area contributed by atoms with Gasteiger partial charge < -0.3 is 15.0 Å². The Kier molecular flexibility index (Phi) is 4.55. The number of para-hydroxylation sites is 1. The molecule has 0 fully saturated rings. The molecule has 0 spiro atoms. The molecule has 142 valence electrons. The van der Waals surface area contributed by atoms with Crippen molar-refractivity contribution in [1.82, 2.24) is 9.88 Å². The standard InChI is InChI=1S/C24H24N2O2/c1-15(2)26(16(3)20-14-25-21-12-5-4-10-18(20)21)24(28)19-11-6-8-17-9-7-13-22(27)23(17)19/h4-16,25,27H,1-3H3. The van der Waals surface area contributed by atoms with E-state index in [0.29, 0.717) is 10.9 Å². The van der Waals surface area contributed by atoms with Gasteiger partial charge in [0, 0.05) is 28.5 Å². The zero-order valence-corrected chi connectivity index (χ0v) is 16.3. The number of H-pyrrole nitrogens is 1. The first kappa shape index (κ1) is 18.1. The minimum atomic E-state index is -0.121. The quantitative estimate of drug-likeness (QED) is 0.487. The number of carbonyl (C=O) groups is 1. The summed E-state index contributed by atoms with van der Waals surface area (Å²) in [7, 11) is 0. The highest BCUT2D eigenvalue weighted by atomic mass is 16.3. The van der Waals surface area contributed by atoms with Crippen LogP contribution in [-0.2, 0) is 0 Å². The van der Waals surface area contributed by atoms with Crippen LogP contribution < -0.4 is 0 Å². The zero-order chi connectivity index (χ0) is 19.8. The lowest BCUT2D eigenvalue weighted by atomic mass is 9.99. The van der Waals surface area contributed by atoms with Crippen molar-refractivity contribution in [3.05, 3.63) is 78.0 Å². The topological polar surface area (TPSA) is 56.3 Å². The average Bonchev–Trinajstić information content (AvgIpc) is 3.11. The summed E-state index contributed by atoms with van der Waals surface area (Å²) in [6.45, 7) is 6.10. The number of fused-ring (bicyclic) bond motifs is 2. The predicted octanol–water partition coefficient (Wildman–Crippen LogP) is 5.64. The van der Waals surface area contributed by atoms with E-state index in [1.165, 1.54) is 0 Å². The van der Waals surface area contributed by atoms with E-state index in [2.05, 4.69) is 18.0 Å². The van der Waals surface area contributed by atoms with Crippen LogP contribution in [0, 0.1) is 0 Å². The Morgan fingerprint density at radius 3 is 2.43 bits per heavy atom. The van der Waals surface area contributed by atoms with Crippen LogP contribution >= 0.6 is 0 Å². The van der Waals surface area contributed by atoms with E-state index in [9.17, 15) is 9.90 Å². The molecule has 4 nitrogen and oxygen atoms in total. The summed E-state index contributed by atoms with van der Waals surface area (Å²) in [5.41, 5.74) is 2.67. The van der Waals surface area contributed by atoms with E-state index < -0.39 is 0 Å². The Hall–Kier alpha value is -3.27. The fourth-order valence-corrected chi connectivity index (χ4v) is 4.09. The van der Waals surface area contributed by atoms with Gasteiger partial charge in [-0.15, -0.1) is 0 Å². The van der Waals surface area contributed by atoms with Crippen molar-refractivity contribution in [3.63, 3.8) is 0 Å². The average molecular weight is 372 g/mol. The number of amides is 1. The van der Waals surface area contributed by atoms with Gasteiger partial charge in [-0.25, -0.2) is 0 Å². The van der Waals surface area contributed by atoms with Gasteiger partial charge in [0.1, 0.15) is 5.75 Å². The summed E-state index contributed by atoms with van der Waals surface area (Å²) >= 11 is 0. The van der Waals surface area contributed by atoms with Crippen LogP contribution in [0.25, 0.3) is 21.7 Å². The van der Waals surface area contributed by atoms with Crippen LogP contribution in [0.4, 0.5) is 0 Å². The van der Waals surface area contributed by atoms with Crippen molar-refractivity contribution in [2.75, 3.05) is 0 Å². The lowest BCUT2D eigenvalue weighted by Gasteiger charge is -2.33. The molecule has 1 amide bonds. The van der Waals surface area contributed by atoms with Gasteiger partial charge in [0.05, 0.1) is 11.6 Å². The van der Waals surface area contributed by atoms with Crippen molar-refractivity contribution in [1.29, 1.82) is 0 Å². The first-order valence-electron chi connectivity index (χ1n) is 9.58. The van der Waals surface area contributed by atoms with Gasteiger partial charge in [-0.2, -0.15) is 0 Å². The van der Waals surface area contributed by atoms with Crippen molar-refractivity contribution in [2.24, 2.45) is 0 Å². The second-order valence-corrected chi connectivity index (χ2v) is 7.45. The third-order valence-corrected chi connectivity index (χ3v) is 5.39. The molecular formula is C24H24N2O2. The smallest absolute Gasteiger partial charge is 0.255 e. The number of aromatic nitrogens is 1. The Bertz CT molecular complexity index is 1150. The number of nitrogens with one attached hydrogen (secondary N) is 1. The number of phenolic OH excluding ortho intramolecular Hbond substituents is 1. The van der Waals surface area contributed by atoms with Crippen LogP contribution in [0.3, 0.4) is 0 Å². The number of nitrogens with zero attached hydrogens (tertiary/aromatic N) is 1. The maximum absolute atomic E-state index is 13.6. The monoisotopic (exact) mass is 372 g/mol. The van der Waals surface area contributed by atoms with Gasteiger partial charge >= 0.3 is 0 Å². The van der Waals surface area contributed by atoms with Gasteiger partial charge in [0.25, 0.3) is 5.91 Å². The van der Waals surface area contributed by atoms with Crippen LogP contribution in [0.1, 0.15) is 42.7 Å². The zero-order valence-electron chi connectivity index (χ0n) is 16.3. The van der Waals surface area contributed by atoms with E-state index in [0.717, 1.165) is 21.9 Å².